The molecule has 1 aromatic rings. The lowest BCUT2D eigenvalue weighted by atomic mass is 10.00. The normalized spacial score (nSPS) is 15.4. The second-order valence-corrected chi connectivity index (χ2v) is 20.1. The van der Waals surface area contributed by atoms with Crippen molar-refractivity contribution in [2.45, 2.75) is 175 Å². The number of nitrogens with one attached hydrogen (secondary N) is 8. The molecular formula is C49H82N12O13. The van der Waals surface area contributed by atoms with Crippen LogP contribution in [0.25, 0.3) is 0 Å². The number of amides is 8. The Hall–Kier alpha value is -6.89. The number of carboxylic acid groups (broad SMARTS) is 2. The van der Waals surface area contributed by atoms with Gasteiger partial charge in [0.15, 0.2) is 5.96 Å². The van der Waals surface area contributed by atoms with Crippen LogP contribution in [0.2, 0.25) is 0 Å². The summed E-state index contributed by atoms with van der Waals surface area (Å²) >= 11 is 0. The zero-order chi connectivity index (χ0) is 56.6. The number of hydrogen-bond donors (Lipinski definition) is 14. The Morgan fingerprint density at radius 3 is 1.46 bits per heavy atom. The average molecular weight is 1050 g/mol. The number of aliphatic hydroxyl groups excluding tert-OH is 1. The Balaban J connectivity index is 3.56. The monoisotopic (exact) mass is 1050 g/mol. The van der Waals surface area contributed by atoms with Crippen molar-refractivity contribution in [3.05, 3.63) is 35.9 Å². The van der Waals surface area contributed by atoms with Crippen molar-refractivity contribution in [1.82, 2.24) is 42.5 Å². The lowest BCUT2D eigenvalue weighted by Gasteiger charge is -2.28. The molecule has 0 aliphatic rings. The molecule has 0 unspecified atom stereocenters. The highest BCUT2D eigenvalue weighted by atomic mass is 16.4. The molecule has 0 saturated heterocycles. The van der Waals surface area contributed by atoms with Crippen LogP contribution < -0.4 is 59.7 Å². The third-order valence-electron chi connectivity index (χ3n) is 11.3. The fraction of sp³-hybridized carbons (Fsp3) is 0.653. The Morgan fingerprint density at radius 1 is 0.527 bits per heavy atom. The summed E-state index contributed by atoms with van der Waals surface area (Å²) in [5.41, 5.74) is 17.6. The molecule has 25 heteroatoms. The van der Waals surface area contributed by atoms with Gasteiger partial charge >= 0.3 is 11.9 Å². The second-order valence-electron chi connectivity index (χ2n) is 20.1. The van der Waals surface area contributed by atoms with Gasteiger partial charge in [-0.1, -0.05) is 85.7 Å². The van der Waals surface area contributed by atoms with E-state index >= 15 is 0 Å². The van der Waals surface area contributed by atoms with E-state index in [1.165, 1.54) is 13.8 Å². The van der Waals surface area contributed by atoms with Gasteiger partial charge in [0.1, 0.15) is 48.3 Å². The van der Waals surface area contributed by atoms with E-state index in [-0.39, 0.29) is 62.4 Å². The molecule has 0 aliphatic heterocycles. The van der Waals surface area contributed by atoms with Crippen molar-refractivity contribution >= 4 is 65.2 Å². The van der Waals surface area contributed by atoms with E-state index in [2.05, 4.69) is 47.5 Å². The van der Waals surface area contributed by atoms with Gasteiger partial charge in [-0.25, -0.2) is 4.79 Å². The van der Waals surface area contributed by atoms with Crippen LogP contribution in [0.15, 0.2) is 35.3 Å². The summed E-state index contributed by atoms with van der Waals surface area (Å²) in [6, 6.07) is -4.05. The topological polar surface area (TPSA) is 418 Å². The van der Waals surface area contributed by atoms with E-state index in [0.717, 1.165) is 0 Å². The number of aliphatic hydroxyl groups is 1. The van der Waals surface area contributed by atoms with Gasteiger partial charge in [-0.15, -0.1) is 0 Å². The maximum atomic E-state index is 14.3. The number of carbonyl (C=O) groups is 10. The van der Waals surface area contributed by atoms with Gasteiger partial charge in [0.05, 0.1) is 18.6 Å². The van der Waals surface area contributed by atoms with E-state index < -0.39 is 132 Å². The molecule has 1 aromatic carbocycles. The third-order valence-corrected chi connectivity index (χ3v) is 11.3. The van der Waals surface area contributed by atoms with Crippen molar-refractivity contribution < 1.29 is 63.3 Å². The van der Waals surface area contributed by atoms with Crippen molar-refractivity contribution in [2.24, 2.45) is 45.9 Å². The number of carboxylic acids is 2. The SMILES string of the molecule is CC(C)C[C@H](NC(=O)[C@H](Cc1ccccc1)NC(=O)[C@H](CCCN=C(N)N)NC(=O)[C@H](CC(=O)O)NC(=O)[C@H](CC(C)C)NC(=O)[C@@H](N)CC(C)C)C(=O)N[C@@H](C)C(=O)N[C@H](C(=O)N[C@H](C(=O)O)C(C)C)[C@@H](C)O. The Morgan fingerprint density at radius 2 is 0.973 bits per heavy atom. The predicted molar refractivity (Wildman–Crippen MR) is 274 cm³/mol. The number of nitrogens with two attached hydrogens (primary N) is 3. The van der Waals surface area contributed by atoms with Crippen LogP contribution in [-0.2, 0) is 54.4 Å². The molecule has 0 spiro atoms. The molecule has 0 saturated carbocycles. The molecule has 0 aromatic heterocycles. The van der Waals surface area contributed by atoms with Gasteiger partial charge in [0.2, 0.25) is 47.3 Å². The highest BCUT2D eigenvalue weighted by molar-refractivity contribution is 5.99. The van der Waals surface area contributed by atoms with Crippen molar-refractivity contribution in [3.63, 3.8) is 0 Å². The van der Waals surface area contributed by atoms with Crippen LogP contribution in [-0.4, -0.2) is 148 Å². The highest BCUT2D eigenvalue weighted by Crippen LogP contribution is 2.13. The minimum absolute atomic E-state index is 0.0145. The van der Waals surface area contributed by atoms with E-state index in [4.69, 9.17) is 17.2 Å². The van der Waals surface area contributed by atoms with Crippen molar-refractivity contribution in [3.8, 4) is 0 Å². The largest absolute Gasteiger partial charge is 0.481 e. The second kappa shape index (κ2) is 32.3. The van der Waals surface area contributed by atoms with Gasteiger partial charge < -0.3 is 75.1 Å². The average Bonchev–Trinajstić information content (AvgIpc) is 3.28. The number of hydrogen-bond acceptors (Lipinski definition) is 13. The quantitative estimate of drug-likeness (QED) is 0.0211. The number of carbonyl (C=O) groups excluding carboxylic acids is 8. The Labute approximate surface area is 432 Å². The maximum absolute atomic E-state index is 14.3. The molecule has 416 valence electrons. The zero-order valence-corrected chi connectivity index (χ0v) is 44.2. The van der Waals surface area contributed by atoms with Crippen LogP contribution in [0.3, 0.4) is 0 Å². The van der Waals surface area contributed by atoms with Gasteiger partial charge in [-0.2, -0.15) is 0 Å². The van der Waals surface area contributed by atoms with E-state index in [1.807, 2.05) is 13.8 Å². The van der Waals surface area contributed by atoms with E-state index in [0.29, 0.717) is 12.0 Å². The van der Waals surface area contributed by atoms with Gasteiger partial charge in [-0.05, 0) is 75.2 Å². The summed E-state index contributed by atoms with van der Waals surface area (Å²) in [5, 5.41) is 49.6. The minimum Gasteiger partial charge on any atom is -0.481 e. The predicted octanol–water partition coefficient (Wildman–Crippen LogP) is -1.76. The summed E-state index contributed by atoms with van der Waals surface area (Å²) in [5.74, 6) is -11.1. The van der Waals surface area contributed by atoms with Crippen LogP contribution >= 0.6 is 0 Å². The molecule has 0 fully saturated rings. The summed E-state index contributed by atoms with van der Waals surface area (Å²) in [4.78, 5) is 137. The fourth-order valence-corrected chi connectivity index (χ4v) is 7.42. The first-order valence-corrected chi connectivity index (χ1v) is 24.8. The first-order valence-electron chi connectivity index (χ1n) is 24.8. The summed E-state index contributed by atoms with van der Waals surface area (Å²) in [6.45, 7) is 16.4. The van der Waals surface area contributed by atoms with Crippen LogP contribution in [0.4, 0.5) is 0 Å². The molecule has 25 nitrogen and oxygen atoms in total. The molecule has 0 radical (unpaired) electrons. The van der Waals surface area contributed by atoms with Crippen LogP contribution in [0.1, 0.15) is 113 Å². The lowest BCUT2D eigenvalue weighted by Crippen LogP contribution is -2.61. The number of benzene rings is 1. The zero-order valence-electron chi connectivity index (χ0n) is 44.2. The summed E-state index contributed by atoms with van der Waals surface area (Å²) < 4.78 is 0. The van der Waals surface area contributed by atoms with Crippen molar-refractivity contribution in [2.75, 3.05) is 6.54 Å². The Kier molecular flexibility index (Phi) is 28.5. The first kappa shape index (κ1) is 65.1. The molecule has 1 rings (SSSR count). The Bertz CT molecular complexity index is 2080. The molecular weight excluding hydrogens is 965 g/mol. The fourth-order valence-electron chi connectivity index (χ4n) is 7.42. The van der Waals surface area contributed by atoms with Crippen LogP contribution in [0.5, 0.6) is 0 Å². The molecule has 10 atom stereocenters. The third kappa shape index (κ3) is 24.7. The molecule has 0 aliphatic carbocycles. The smallest absolute Gasteiger partial charge is 0.326 e. The number of guanidine groups is 1. The first-order chi connectivity index (χ1) is 34.4. The summed E-state index contributed by atoms with van der Waals surface area (Å²) in [6.07, 6.45) is -2.23. The molecule has 8 amide bonds. The minimum atomic E-state index is -1.77. The number of nitrogens with zero attached hydrogens (tertiary/aromatic N) is 1. The van der Waals surface area contributed by atoms with Crippen molar-refractivity contribution in [1.29, 1.82) is 0 Å². The molecule has 0 bridgehead atoms. The van der Waals surface area contributed by atoms with E-state index in [1.54, 1.807) is 71.9 Å². The van der Waals surface area contributed by atoms with Gasteiger partial charge in [0, 0.05) is 13.0 Å². The van der Waals surface area contributed by atoms with Gasteiger partial charge in [0.25, 0.3) is 0 Å². The van der Waals surface area contributed by atoms with E-state index in [9.17, 15) is 63.3 Å². The lowest BCUT2D eigenvalue weighted by molar-refractivity contribution is -0.144. The molecule has 74 heavy (non-hydrogen) atoms. The number of aliphatic imine (C=N–C) groups is 1. The number of aliphatic carboxylic acids is 2. The highest BCUT2D eigenvalue weighted by Gasteiger charge is 2.36. The number of rotatable bonds is 33. The summed E-state index contributed by atoms with van der Waals surface area (Å²) in [7, 11) is 0. The molecule has 0 heterocycles. The standard InChI is InChI=1S/C49H82N12O13/c1-24(2)19-31(50)41(66)56-34(21-26(5)6)44(69)59-36(23-37(63)64)46(71)55-32(17-14-18-53-49(51)52)42(67)58-35(22-30-15-12-11-13-16-30)45(70)57-33(20-25(3)4)43(68)54-28(9)40(65)61-39(29(10)62)47(72)60-38(27(7)8)48(73)74/h11-13,15-16,24-29,31-36,38-39,62H,14,17-23,50H2,1-10H3,(H,54,68)(H,55,71)(H,56,66)(H,57,70)(H,58,67)(H,59,69)(H,60,72)(H,61,65)(H,63,64)(H,73,74)(H4,51,52,53)/t28-,29+,31-,32-,33-,34-,35-,36-,38-,39-/m0/s1. The van der Waals surface area contributed by atoms with Crippen LogP contribution in [0, 0.1) is 23.7 Å². The van der Waals surface area contributed by atoms with Gasteiger partial charge in [-0.3, -0.25) is 48.1 Å². The molecule has 17 N–H and O–H groups in total. The maximum Gasteiger partial charge on any atom is 0.326 e.